The number of hydrogen-bond acceptors (Lipinski definition) is 8. The number of sulfonamides is 1. The Morgan fingerprint density at radius 3 is 2.59 bits per heavy atom. The van der Waals surface area contributed by atoms with E-state index in [-0.39, 0.29) is 35.1 Å². The number of nitrogens with one attached hydrogen (secondary N) is 1. The van der Waals surface area contributed by atoms with Gasteiger partial charge in [0.2, 0.25) is 10.0 Å². The lowest BCUT2D eigenvalue weighted by molar-refractivity contribution is 0.0997. The molecule has 2 rings (SSSR count). The molecule has 0 heterocycles. The first-order chi connectivity index (χ1) is 13.6. The monoisotopic (exact) mass is 425 g/mol. The quantitative estimate of drug-likeness (QED) is 0.327. The van der Waals surface area contributed by atoms with Crippen LogP contribution in [-0.4, -0.2) is 51.3 Å². The van der Waals surface area contributed by atoms with Gasteiger partial charge in [-0.1, -0.05) is 6.07 Å². The first-order valence-electron chi connectivity index (χ1n) is 8.48. The molecule has 0 saturated heterocycles. The van der Waals surface area contributed by atoms with E-state index in [1.165, 1.54) is 43.5 Å². The second-order valence-corrected chi connectivity index (χ2v) is 7.60. The average Bonchev–Trinajstić information content (AvgIpc) is 2.67. The molecule has 1 atom stereocenters. The van der Waals surface area contributed by atoms with Gasteiger partial charge in [-0.2, -0.15) is 0 Å². The molecule has 2 aromatic rings. The van der Waals surface area contributed by atoms with Crippen molar-refractivity contribution in [3.8, 4) is 17.2 Å². The summed E-state index contributed by atoms with van der Waals surface area (Å²) in [5, 5.41) is 27.9. The normalized spacial score (nSPS) is 12.4. The number of aromatic hydroxyl groups is 1. The van der Waals surface area contributed by atoms with Crippen LogP contribution in [0.5, 0.6) is 17.2 Å². The number of nitrogens with two attached hydrogens (primary N) is 2. The van der Waals surface area contributed by atoms with Gasteiger partial charge in [0, 0.05) is 13.1 Å². The predicted octanol–water partition coefficient (Wildman–Crippen LogP) is -0.151. The van der Waals surface area contributed by atoms with Gasteiger partial charge in [0.25, 0.3) is 5.91 Å². The molecule has 1 unspecified atom stereocenters. The van der Waals surface area contributed by atoms with Crippen molar-refractivity contribution >= 4 is 15.9 Å². The number of benzene rings is 2. The SMILES string of the molecule is COc1ccc(C(O)CNCCOc2ccc(O)c(C(N)=O)c2)cc1S(N)(=O)=O. The van der Waals surface area contributed by atoms with Gasteiger partial charge in [0.05, 0.1) is 18.8 Å². The first-order valence-corrected chi connectivity index (χ1v) is 10.0. The number of carbonyl (C=O) groups is 1. The van der Waals surface area contributed by atoms with E-state index in [0.29, 0.717) is 17.9 Å². The van der Waals surface area contributed by atoms with E-state index in [1.807, 2.05) is 0 Å². The van der Waals surface area contributed by atoms with Crippen molar-refractivity contribution in [2.75, 3.05) is 26.8 Å². The topological polar surface area (TPSA) is 174 Å². The van der Waals surface area contributed by atoms with E-state index in [4.69, 9.17) is 20.3 Å². The van der Waals surface area contributed by atoms with E-state index >= 15 is 0 Å². The Morgan fingerprint density at radius 2 is 1.97 bits per heavy atom. The van der Waals surface area contributed by atoms with Crippen LogP contribution in [0.25, 0.3) is 0 Å². The van der Waals surface area contributed by atoms with Crippen molar-refractivity contribution < 1.29 is 32.9 Å². The maximum absolute atomic E-state index is 11.6. The van der Waals surface area contributed by atoms with Crippen LogP contribution in [0, 0.1) is 0 Å². The molecule has 0 saturated carbocycles. The van der Waals surface area contributed by atoms with E-state index in [1.54, 1.807) is 0 Å². The van der Waals surface area contributed by atoms with E-state index in [9.17, 15) is 23.4 Å². The zero-order valence-corrected chi connectivity index (χ0v) is 16.5. The Hall–Kier alpha value is -2.86. The van der Waals surface area contributed by atoms with Crippen molar-refractivity contribution in [3.05, 3.63) is 47.5 Å². The second-order valence-electron chi connectivity index (χ2n) is 6.07. The zero-order valence-electron chi connectivity index (χ0n) is 15.7. The largest absolute Gasteiger partial charge is 0.507 e. The smallest absolute Gasteiger partial charge is 0.252 e. The van der Waals surface area contributed by atoms with Gasteiger partial charge < -0.3 is 30.7 Å². The summed E-state index contributed by atoms with van der Waals surface area (Å²) in [7, 11) is -2.68. The predicted molar refractivity (Wildman–Crippen MR) is 104 cm³/mol. The summed E-state index contributed by atoms with van der Waals surface area (Å²) in [5.41, 5.74) is 5.47. The highest BCUT2D eigenvalue weighted by Gasteiger charge is 2.18. The number of hydrogen-bond donors (Lipinski definition) is 5. The molecule has 158 valence electrons. The third-order valence-electron chi connectivity index (χ3n) is 4.00. The molecule has 2 aromatic carbocycles. The van der Waals surface area contributed by atoms with Crippen molar-refractivity contribution in [1.29, 1.82) is 0 Å². The number of carbonyl (C=O) groups excluding carboxylic acids is 1. The van der Waals surface area contributed by atoms with E-state index in [2.05, 4.69) is 5.32 Å². The Bertz CT molecular complexity index is 979. The van der Waals surface area contributed by atoms with Crippen molar-refractivity contribution in [2.45, 2.75) is 11.0 Å². The number of amides is 1. The number of phenols is 1. The molecule has 0 aromatic heterocycles. The Morgan fingerprint density at radius 1 is 1.24 bits per heavy atom. The minimum Gasteiger partial charge on any atom is -0.507 e. The Labute approximate surface area is 168 Å². The molecule has 0 aliphatic heterocycles. The maximum Gasteiger partial charge on any atom is 0.252 e. The fourth-order valence-corrected chi connectivity index (χ4v) is 3.26. The molecule has 29 heavy (non-hydrogen) atoms. The van der Waals surface area contributed by atoms with Crippen LogP contribution in [-0.2, 0) is 10.0 Å². The summed E-state index contributed by atoms with van der Waals surface area (Å²) in [6.07, 6.45) is -0.989. The van der Waals surface area contributed by atoms with Crippen LogP contribution in [0.3, 0.4) is 0 Å². The second kappa shape index (κ2) is 9.56. The van der Waals surface area contributed by atoms with Gasteiger partial charge in [-0.05, 0) is 35.9 Å². The average molecular weight is 425 g/mol. The van der Waals surface area contributed by atoms with E-state index < -0.39 is 22.0 Å². The highest BCUT2D eigenvalue weighted by atomic mass is 32.2. The van der Waals surface area contributed by atoms with E-state index in [0.717, 1.165) is 0 Å². The third-order valence-corrected chi connectivity index (χ3v) is 4.93. The summed E-state index contributed by atoms with van der Waals surface area (Å²) in [6.45, 7) is 0.685. The fourth-order valence-electron chi connectivity index (χ4n) is 2.52. The molecular weight excluding hydrogens is 402 g/mol. The number of primary amides is 1. The van der Waals surface area contributed by atoms with Gasteiger partial charge in [-0.25, -0.2) is 13.6 Å². The molecule has 0 radical (unpaired) electrons. The van der Waals surface area contributed by atoms with Gasteiger partial charge in [-0.3, -0.25) is 4.79 Å². The molecule has 1 amide bonds. The zero-order chi connectivity index (χ0) is 21.6. The highest BCUT2D eigenvalue weighted by Crippen LogP contribution is 2.26. The summed E-state index contributed by atoms with van der Waals surface area (Å²) >= 11 is 0. The lowest BCUT2D eigenvalue weighted by Crippen LogP contribution is -2.26. The van der Waals surface area contributed by atoms with Gasteiger partial charge >= 0.3 is 0 Å². The summed E-state index contributed by atoms with van der Waals surface area (Å²) in [6, 6.07) is 8.35. The molecule has 0 fully saturated rings. The number of methoxy groups -OCH3 is 1. The highest BCUT2D eigenvalue weighted by molar-refractivity contribution is 7.89. The number of aliphatic hydroxyl groups excluding tert-OH is 1. The van der Waals surface area contributed by atoms with Gasteiger partial charge in [0.1, 0.15) is 28.8 Å². The first kappa shape index (κ1) is 22.4. The van der Waals surface area contributed by atoms with Crippen LogP contribution in [0.4, 0.5) is 0 Å². The van der Waals surface area contributed by atoms with Crippen molar-refractivity contribution in [2.24, 2.45) is 10.9 Å². The standard InChI is InChI=1S/C18H23N3O7S/c1-27-16-5-2-11(8-17(16)29(20,25)26)15(23)10-21-6-7-28-12-3-4-14(22)13(9-12)18(19)24/h2-5,8-9,15,21-23H,6-7,10H2,1H3,(H2,19,24)(H2,20,25,26). The number of aliphatic hydroxyl groups is 1. The molecule has 0 spiro atoms. The molecule has 0 bridgehead atoms. The Kier molecular flexibility index (Phi) is 7.40. The summed E-state index contributed by atoms with van der Waals surface area (Å²) in [5.74, 6) is -0.557. The maximum atomic E-state index is 11.6. The summed E-state index contributed by atoms with van der Waals surface area (Å²) in [4.78, 5) is 11.0. The van der Waals surface area contributed by atoms with Gasteiger partial charge in [-0.15, -0.1) is 0 Å². The molecule has 11 heteroatoms. The summed E-state index contributed by atoms with van der Waals surface area (Å²) < 4.78 is 33.7. The lowest BCUT2D eigenvalue weighted by atomic mass is 10.1. The third kappa shape index (κ3) is 6.06. The number of ether oxygens (including phenoxy) is 2. The molecule has 0 aliphatic carbocycles. The van der Waals surface area contributed by atoms with Crippen LogP contribution >= 0.6 is 0 Å². The Balaban J connectivity index is 1.88. The van der Waals surface area contributed by atoms with Crippen molar-refractivity contribution in [1.82, 2.24) is 5.32 Å². The van der Waals surface area contributed by atoms with Crippen molar-refractivity contribution in [3.63, 3.8) is 0 Å². The van der Waals surface area contributed by atoms with Crippen LogP contribution < -0.4 is 25.7 Å². The molecule has 0 aliphatic rings. The number of rotatable bonds is 10. The molecular formula is C18H23N3O7S. The van der Waals surface area contributed by atoms with Crippen LogP contribution in [0.15, 0.2) is 41.3 Å². The molecule has 7 N–H and O–H groups in total. The van der Waals surface area contributed by atoms with Gasteiger partial charge in [0.15, 0.2) is 0 Å². The fraction of sp³-hybridized carbons (Fsp3) is 0.278. The number of primary sulfonamides is 1. The van der Waals surface area contributed by atoms with Crippen LogP contribution in [0.1, 0.15) is 22.0 Å². The minimum atomic E-state index is -4.00. The van der Waals surface area contributed by atoms with Crippen LogP contribution in [0.2, 0.25) is 0 Å². The minimum absolute atomic E-state index is 0.0453. The molecule has 10 nitrogen and oxygen atoms in total. The lowest BCUT2D eigenvalue weighted by Gasteiger charge is -2.15.